The Morgan fingerprint density at radius 3 is 2.40 bits per heavy atom. The first-order valence-corrected chi connectivity index (χ1v) is 11.5. The van der Waals surface area contributed by atoms with Crippen LogP contribution in [0.25, 0.3) is 0 Å². The van der Waals surface area contributed by atoms with Crippen molar-refractivity contribution in [2.75, 3.05) is 14.1 Å². The Bertz CT molecular complexity index is 1350. The van der Waals surface area contributed by atoms with E-state index in [0.717, 1.165) is 0 Å². The molecule has 1 saturated carbocycles. The number of hydrogen-bond acceptors (Lipinski definition) is 6. The van der Waals surface area contributed by atoms with E-state index in [9.17, 15) is 20.3 Å². The Morgan fingerprint density at radius 1 is 1.14 bits per heavy atom. The lowest BCUT2D eigenvalue weighted by Crippen LogP contribution is -2.58. The van der Waals surface area contributed by atoms with Crippen LogP contribution in [0.1, 0.15) is 35.2 Å². The minimum absolute atomic E-state index is 0.103. The van der Waals surface area contributed by atoms with Crippen molar-refractivity contribution in [2.24, 2.45) is 5.92 Å². The van der Waals surface area contributed by atoms with Crippen LogP contribution in [0.4, 0.5) is 0 Å². The molecule has 8 heteroatoms. The number of amides is 1. The molecule has 0 bridgehead atoms. The molecular weight excluding hydrogens is 466 g/mol. The molecule has 1 unspecified atom stereocenters. The van der Waals surface area contributed by atoms with Crippen molar-refractivity contribution >= 4 is 17.5 Å². The number of aromatic nitrogens is 1. The maximum absolute atomic E-state index is 13.7. The largest absolute Gasteiger partial charge is 0.476 e. The van der Waals surface area contributed by atoms with Crippen molar-refractivity contribution in [1.29, 1.82) is 5.26 Å². The summed E-state index contributed by atoms with van der Waals surface area (Å²) in [6.45, 7) is 1.45. The van der Waals surface area contributed by atoms with Gasteiger partial charge in [0.25, 0.3) is 0 Å². The summed E-state index contributed by atoms with van der Waals surface area (Å²) >= 11 is 6.22. The Morgan fingerprint density at radius 2 is 1.80 bits per heavy atom. The lowest BCUT2D eigenvalue weighted by atomic mass is 9.70. The summed E-state index contributed by atoms with van der Waals surface area (Å²) in [5.41, 5.74) is -4.07. The number of halogens is 1. The fourth-order valence-corrected chi connectivity index (χ4v) is 6.02. The van der Waals surface area contributed by atoms with Crippen molar-refractivity contribution in [3.05, 3.63) is 94.3 Å². The normalized spacial score (nSPS) is 30.7. The first kappa shape index (κ1) is 23.3. The number of aliphatic hydroxyl groups is 2. The fraction of sp³-hybridized carbons (Fsp3) is 0.296. The highest BCUT2D eigenvalue weighted by atomic mass is 35.5. The molecule has 1 aromatic heterocycles. The van der Waals surface area contributed by atoms with Gasteiger partial charge in [-0.05, 0) is 30.2 Å². The Hall–Kier alpha value is -3.44. The van der Waals surface area contributed by atoms with Gasteiger partial charge in [-0.25, -0.2) is 0 Å². The summed E-state index contributed by atoms with van der Waals surface area (Å²) in [6.07, 6.45) is 1.38. The van der Waals surface area contributed by atoms with Crippen molar-refractivity contribution in [3.8, 4) is 11.8 Å². The summed E-state index contributed by atoms with van der Waals surface area (Å²) in [5, 5.41) is 34.5. The van der Waals surface area contributed by atoms with E-state index >= 15 is 0 Å². The molecular formula is C27H24ClN3O4. The zero-order valence-corrected chi connectivity index (χ0v) is 20.2. The number of rotatable bonds is 3. The van der Waals surface area contributed by atoms with Crippen LogP contribution < -0.4 is 4.74 Å². The molecule has 178 valence electrons. The number of nitriles is 1. The second kappa shape index (κ2) is 7.79. The van der Waals surface area contributed by atoms with E-state index in [4.69, 9.17) is 16.3 Å². The third-order valence-electron chi connectivity index (χ3n) is 7.39. The highest BCUT2D eigenvalue weighted by Gasteiger charge is 2.82. The highest BCUT2D eigenvalue weighted by molar-refractivity contribution is 6.30. The predicted octanol–water partition coefficient (Wildman–Crippen LogP) is 3.33. The predicted molar refractivity (Wildman–Crippen MR) is 129 cm³/mol. The van der Waals surface area contributed by atoms with Gasteiger partial charge in [0, 0.05) is 32.3 Å². The number of hydrogen-bond donors (Lipinski definition) is 2. The maximum atomic E-state index is 13.7. The van der Waals surface area contributed by atoms with Crippen LogP contribution in [-0.2, 0) is 16.0 Å². The van der Waals surface area contributed by atoms with Crippen LogP contribution in [0.2, 0.25) is 5.02 Å². The van der Waals surface area contributed by atoms with Gasteiger partial charge in [0.05, 0.1) is 22.6 Å². The standard InChI is InChI=1S/C27H24ClN3O4/c1-25(33)22(24(32)31(2)3)21(17-7-5-4-6-8-17)26(18-11-9-16(14-29)10-12-18)27(25,34)23-20(35-26)13-19(28)15-30-23/h4-13,15,21-22,33-34H,1-3H3/t21-,22+,25+,26+,27?/m1/s1. The number of nitrogens with zero attached hydrogens (tertiary/aromatic N) is 3. The quantitative estimate of drug-likeness (QED) is 0.584. The minimum atomic E-state index is -2.13. The monoisotopic (exact) mass is 489 g/mol. The molecule has 1 fully saturated rings. The molecule has 2 aliphatic rings. The lowest BCUT2D eigenvalue weighted by Gasteiger charge is -2.42. The zero-order valence-electron chi connectivity index (χ0n) is 19.4. The molecule has 0 saturated heterocycles. The summed E-state index contributed by atoms with van der Waals surface area (Å²) in [7, 11) is 3.22. The van der Waals surface area contributed by atoms with Crippen molar-refractivity contribution in [2.45, 2.75) is 29.6 Å². The number of fused-ring (bicyclic) bond motifs is 3. The number of ether oxygens (including phenoxy) is 1. The molecule has 0 radical (unpaired) electrons. The molecule has 5 rings (SSSR count). The van der Waals surface area contributed by atoms with Gasteiger partial charge in [-0.15, -0.1) is 0 Å². The summed E-state index contributed by atoms with van der Waals surface area (Å²) in [4.78, 5) is 19.5. The average Bonchev–Trinajstić information content (AvgIpc) is 3.19. The number of carbonyl (C=O) groups excluding carboxylic acids is 1. The third-order valence-corrected chi connectivity index (χ3v) is 7.59. The van der Waals surface area contributed by atoms with E-state index in [1.807, 2.05) is 30.3 Å². The Kier molecular flexibility index (Phi) is 5.19. The van der Waals surface area contributed by atoms with Crippen LogP contribution in [0.3, 0.4) is 0 Å². The first-order chi connectivity index (χ1) is 16.6. The second-order valence-corrected chi connectivity index (χ2v) is 9.92. The Labute approximate surface area is 208 Å². The van der Waals surface area contributed by atoms with Gasteiger partial charge in [-0.3, -0.25) is 9.78 Å². The molecule has 2 heterocycles. The Balaban J connectivity index is 1.91. The van der Waals surface area contributed by atoms with E-state index in [1.165, 1.54) is 18.0 Å². The molecule has 0 spiro atoms. The zero-order chi connectivity index (χ0) is 25.2. The first-order valence-electron chi connectivity index (χ1n) is 11.2. The van der Waals surface area contributed by atoms with Crippen molar-refractivity contribution < 1.29 is 19.7 Å². The van der Waals surface area contributed by atoms with Crippen LogP contribution in [0, 0.1) is 17.2 Å². The van der Waals surface area contributed by atoms with E-state index in [2.05, 4.69) is 11.1 Å². The van der Waals surface area contributed by atoms with Crippen molar-refractivity contribution in [1.82, 2.24) is 9.88 Å². The van der Waals surface area contributed by atoms with E-state index in [0.29, 0.717) is 21.7 Å². The highest BCUT2D eigenvalue weighted by Crippen LogP contribution is 2.71. The molecule has 1 aliphatic heterocycles. The number of carbonyl (C=O) groups is 1. The molecule has 2 aromatic carbocycles. The molecule has 2 N–H and O–H groups in total. The van der Waals surface area contributed by atoms with Gasteiger partial charge < -0.3 is 19.8 Å². The number of benzene rings is 2. The van der Waals surface area contributed by atoms with Crippen LogP contribution >= 0.6 is 11.6 Å². The van der Waals surface area contributed by atoms with Crippen molar-refractivity contribution in [3.63, 3.8) is 0 Å². The van der Waals surface area contributed by atoms with Crippen LogP contribution in [-0.4, -0.2) is 45.7 Å². The molecule has 1 amide bonds. The summed E-state index contributed by atoms with van der Waals surface area (Å²) in [5.74, 6) is -2.05. The van der Waals surface area contributed by atoms with Crippen LogP contribution in [0.15, 0.2) is 66.9 Å². The molecule has 5 atom stereocenters. The average molecular weight is 490 g/mol. The van der Waals surface area contributed by atoms with Gasteiger partial charge >= 0.3 is 0 Å². The van der Waals surface area contributed by atoms with E-state index in [1.54, 1.807) is 44.4 Å². The van der Waals surface area contributed by atoms with Gasteiger partial charge in [-0.2, -0.15) is 5.26 Å². The van der Waals surface area contributed by atoms with Gasteiger partial charge in [0.15, 0.2) is 11.2 Å². The smallest absolute Gasteiger partial charge is 0.228 e. The van der Waals surface area contributed by atoms with Gasteiger partial charge in [0.1, 0.15) is 17.0 Å². The molecule has 3 aromatic rings. The van der Waals surface area contributed by atoms with Gasteiger partial charge in [-0.1, -0.05) is 54.1 Å². The van der Waals surface area contributed by atoms with E-state index in [-0.39, 0.29) is 17.4 Å². The van der Waals surface area contributed by atoms with Gasteiger partial charge in [0.2, 0.25) is 5.91 Å². The minimum Gasteiger partial charge on any atom is -0.476 e. The van der Waals surface area contributed by atoms with E-state index < -0.39 is 28.6 Å². The van der Waals surface area contributed by atoms with Crippen LogP contribution in [0.5, 0.6) is 5.75 Å². The third kappa shape index (κ3) is 2.91. The SMILES string of the molecule is CN(C)C(=O)[C@@H]1[C@@H](c2ccccc2)[C@]2(c3ccc(C#N)cc3)Oc3cc(Cl)cnc3C2(O)[C@@]1(C)O. The maximum Gasteiger partial charge on any atom is 0.228 e. The fourth-order valence-electron chi connectivity index (χ4n) is 5.87. The molecule has 7 nitrogen and oxygen atoms in total. The summed E-state index contributed by atoms with van der Waals surface area (Å²) in [6, 6.07) is 19.5. The summed E-state index contributed by atoms with van der Waals surface area (Å²) < 4.78 is 6.61. The topological polar surface area (TPSA) is 107 Å². The lowest BCUT2D eigenvalue weighted by molar-refractivity contribution is -0.199. The molecule has 35 heavy (non-hydrogen) atoms. The molecule has 1 aliphatic carbocycles. The number of pyridine rings is 1. The second-order valence-electron chi connectivity index (χ2n) is 9.48.